The SMILES string of the molecule is Cc1cc(C(F)(F)F)cc(O)c1-c1cc2c(Cl)cn(C[C@H]3CN(C)CCO3)c2nn1. The molecule has 0 amide bonds. The van der Waals surface area contributed by atoms with Gasteiger partial charge in [-0.05, 0) is 37.7 Å². The summed E-state index contributed by atoms with van der Waals surface area (Å²) in [7, 11) is 2.03. The molecular formula is C20H20ClF3N4O2. The molecular weight excluding hydrogens is 421 g/mol. The number of aromatic nitrogens is 3. The minimum Gasteiger partial charge on any atom is -0.507 e. The van der Waals surface area contributed by atoms with E-state index in [0.29, 0.717) is 35.3 Å². The molecule has 1 aromatic carbocycles. The van der Waals surface area contributed by atoms with E-state index in [4.69, 9.17) is 16.3 Å². The molecule has 0 aliphatic carbocycles. The Morgan fingerprint density at radius 2 is 2.03 bits per heavy atom. The van der Waals surface area contributed by atoms with Crippen LogP contribution in [0.25, 0.3) is 22.3 Å². The molecule has 1 aliphatic rings. The van der Waals surface area contributed by atoms with Crippen LogP contribution < -0.4 is 0 Å². The zero-order chi connectivity index (χ0) is 21.6. The number of ether oxygens (including phenoxy) is 1. The van der Waals surface area contributed by atoms with Crippen LogP contribution in [0, 0.1) is 6.92 Å². The number of hydrogen-bond donors (Lipinski definition) is 1. The lowest BCUT2D eigenvalue weighted by atomic mass is 10.00. The van der Waals surface area contributed by atoms with E-state index in [9.17, 15) is 18.3 Å². The summed E-state index contributed by atoms with van der Waals surface area (Å²) in [5.74, 6) is -0.509. The van der Waals surface area contributed by atoms with Gasteiger partial charge in [0.2, 0.25) is 0 Å². The number of halogens is 4. The quantitative estimate of drug-likeness (QED) is 0.664. The Morgan fingerprint density at radius 3 is 2.70 bits per heavy atom. The molecule has 1 aliphatic heterocycles. The van der Waals surface area contributed by atoms with Gasteiger partial charge in [0.05, 0.1) is 35.5 Å². The third-order valence-electron chi connectivity index (χ3n) is 5.21. The minimum absolute atomic E-state index is 0.0157. The highest BCUT2D eigenvalue weighted by Gasteiger charge is 2.32. The largest absolute Gasteiger partial charge is 0.507 e. The summed E-state index contributed by atoms with van der Waals surface area (Å²) in [4.78, 5) is 2.18. The van der Waals surface area contributed by atoms with E-state index in [1.807, 2.05) is 11.6 Å². The van der Waals surface area contributed by atoms with Crippen molar-refractivity contribution in [1.82, 2.24) is 19.7 Å². The molecule has 1 saturated heterocycles. The molecule has 6 nitrogen and oxygen atoms in total. The maximum atomic E-state index is 13.0. The second-order valence-electron chi connectivity index (χ2n) is 7.54. The number of hydrogen-bond acceptors (Lipinski definition) is 5. The molecule has 1 fully saturated rings. The van der Waals surface area contributed by atoms with Crippen LogP contribution in [0.4, 0.5) is 13.2 Å². The van der Waals surface area contributed by atoms with Gasteiger partial charge in [0.1, 0.15) is 5.75 Å². The first kappa shape index (κ1) is 20.9. The third kappa shape index (κ3) is 3.97. The van der Waals surface area contributed by atoms with Crippen molar-refractivity contribution < 1.29 is 23.0 Å². The first-order valence-electron chi connectivity index (χ1n) is 9.37. The number of morpholine rings is 1. The monoisotopic (exact) mass is 440 g/mol. The van der Waals surface area contributed by atoms with E-state index in [1.54, 1.807) is 12.3 Å². The van der Waals surface area contributed by atoms with Crippen molar-refractivity contribution in [3.05, 3.63) is 40.5 Å². The van der Waals surface area contributed by atoms with Crippen LogP contribution in [-0.4, -0.2) is 57.6 Å². The van der Waals surface area contributed by atoms with E-state index in [1.165, 1.54) is 6.92 Å². The molecule has 160 valence electrons. The maximum absolute atomic E-state index is 13.0. The summed E-state index contributed by atoms with van der Waals surface area (Å²) < 4.78 is 46.6. The average Bonchev–Trinajstić information content (AvgIpc) is 2.96. The van der Waals surface area contributed by atoms with Gasteiger partial charge in [-0.2, -0.15) is 13.2 Å². The van der Waals surface area contributed by atoms with Crippen LogP contribution in [0.3, 0.4) is 0 Å². The molecule has 0 bridgehead atoms. The van der Waals surface area contributed by atoms with Crippen molar-refractivity contribution in [3.8, 4) is 17.0 Å². The summed E-state index contributed by atoms with van der Waals surface area (Å²) in [6.07, 6.45) is -2.83. The fourth-order valence-electron chi connectivity index (χ4n) is 3.76. The van der Waals surface area contributed by atoms with Crippen LogP contribution in [0.1, 0.15) is 11.1 Å². The number of nitrogens with zero attached hydrogens (tertiary/aromatic N) is 4. The molecule has 1 N–H and O–H groups in total. The lowest BCUT2D eigenvalue weighted by Gasteiger charge is -2.30. The highest BCUT2D eigenvalue weighted by molar-refractivity contribution is 6.35. The summed E-state index contributed by atoms with van der Waals surface area (Å²) in [5, 5.41) is 19.7. The van der Waals surface area contributed by atoms with Gasteiger partial charge in [-0.3, -0.25) is 0 Å². The van der Waals surface area contributed by atoms with Crippen LogP contribution in [-0.2, 0) is 17.5 Å². The zero-order valence-electron chi connectivity index (χ0n) is 16.4. The first-order chi connectivity index (χ1) is 14.1. The fourth-order valence-corrected chi connectivity index (χ4v) is 4.02. The minimum atomic E-state index is -4.55. The predicted octanol–water partition coefficient (Wildman–Crippen LogP) is 4.12. The number of aryl methyl sites for hydroxylation is 1. The molecule has 1 atom stereocenters. The van der Waals surface area contributed by atoms with Crippen molar-refractivity contribution >= 4 is 22.6 Å². The zero-order valence-corrected chi connectivity index (χ0v) is 17.1. The molecule has 0 radical (unpaired) electrons. The van der Waals surface area contributed by atoms with Crippen LogP contribution in [0.15, 0.2) is 24.4 Å². The van der Waals surface area contributed by atoms with E-state index >= 15 is 0 Å². The van der Waals surface area contributed by atoms with Crippen molar-refractivity contribution in [2.75, 3.05) is 26.7 Å². The Bertz CT molecular complexity index is 1080. The predicted molar refractivity (Wildman–Crippen MR) is 107 cm³/mol. The lowest BCUT2D eigenvalue weighted by molar-refractivity contribution is -0.137. The maximum Gasteiger partial charge on any atom is 0.416 e. The molecule has 0 spiro atoms. The second kappa shape index (κ2) is 7.72. The van der Waals surface area contributed by atoms with E-state index in [0.717, 1.165) is 19.2 Å². The van der Waals surface area contributed by atoms with Crippen molar-refractivity contribution in [1.29, 1.82) is 0 Å². The van der Waals surface area contributed by atoms with Gasteiger partial charge in [-0.15, -0.1) is 10.2 Å². The van der Waals surface area contributed by atoms with E-state index in [-0.39, 0.29) is 22.9 Å². The van der Waals surface area contributed by atoms with Gasteiger partial charge < -0.3 is 19.3 Å². The molecule has 0 saturated carbocycles. The number of fused-ring (bicyclic) bond motifs is 1. The normalized spacial score (nSPS) is 18.3. The lowest BCUT2D eigenvalue weighted by Crippen LogP contribution is -2.41. The Balaban J connectivity index is 1.70. The number of alkyl halides is 3. The van der Waals surface area contributed by atoms with Gasteiger partial charge in [-0.1, -0.05) is 11.6 Å². The van der Waals surface area contributed by atoms with E-state index in [2.05, 4.69) is 15.1 Å². The molecule has 3 aromatic rings. The van der Waals surface area contributed by atoms with Gasteiger partial charge in [0.25, 0.3) is 0 Å². The standard InChI is InChI=1S/C20H20ClF3N4O2/c1-11-5-12(20(22,23)24)6-17(29)18(11)16-7-14-15(21)10-28(19(14)26-25-16)9-13-8-27(2)3-4-30-13/h5-7,10,13,29H,3-4,8-9H2,1-2H3/t13-/m1/s1. The number of phenolic OH excluding ortho intramolecular Hbond substituents is 1. The summed E-state index contributed by atoms with van der Waals surface area (Å²) in [6, 6.07) is 3.30. The molecule has 10 heteroatoms. The second-order valence-corrected chi connectivity index (χ2v) is 7.94. The molecule has 0 unspecified atom stereocenters. The number of phenols is 1. The molecule has 3 heterocycles. The highest BCUT2D eigenvalue weighted by Crippen LogP contribution is 2.39. The third-order valence-corrected chi connectivity index (χ3v) is 5.51. The number of aromatic hydroxyl groups is 1. The van der Waals surface area contributed by atoms with Gasteiger partial charge in [0.15, 0.2) is 5.65 Å². The smallest absolute Gasteiger partial charge is 0.416 e. The van der Waals surface area contributed by atoms with Gasteiger partial charge >= 0.3 is 6.18 Å². The van der Waals surface area contributed by atoms with Crippen molar-refractivity contribution in [2.45, 2.75) is 25.7 Å². The fraction of sp³-hybridized carbons (Fsp3) is 0.400. The summed E-state index contributed by atoms with van der Waals surface area (Å²) in [6.45, 7) is 4.34. The van der Waals surface area contributed by atoms with Gasteiger partial charge in [0, 0.05) is 30.2 Å². The Labute approximate surface area is 175 Å². The van der Waals surface area contributed by atoms with Crippen LogP contribution in [0.5, 0.6) is 5.75 Å². The Hall–Kier alpha value is -2.36. The summed E-state index contributed by atoms with van der Waals surface area (Å²) >= 11 is 6.40. The number of likely N-dealkylation sites (N-methyl/N-ethyl adjacent to an activating group) is 1. The topological polar surface area (TPSA) is 63.4 Å². The molecule has 4 rings (SSSR count). The Kier molecular flexibility index (Phi) is 5.37. The number of rotatable bonds is 3. The molecule has 2 aromatic heterocycles. The van der Waals surface area contributed by atoms with Crippen LogP contribution >= 0.6 is 11.6 Å². The highest BCUT2D eigenvalue weighted by atomic mass is 35.5. The Morgan fingerprint density at radius 1 is 1.27 bits per heavy atom. The summed E-state index contributed by atoms with van der Waals surface area (Å²) in [5.41, 5.74) is 0.310. The first-order valence-corrected chi connectivity index (χ1v) is 9.74. The average molecular weight is 441 g/mol. The van der Waals surface area contributed by atoms with Gasteiger partial charge in [-0.25, -0.2) is 0 Å². The van der Waals surface area contributed by atoms with Crippen molar-refractivity contribution in [3.63, 3.8) is 0 Å². The van der Waals surface area contributed by atoms with Crippen LogP contribution in [0.2, 0.25) is 5.02 Å². The van der Waals surface area contributed by atoms with Crippen molar-refractivity contribution in [2.24, 2.45) is 0 Å². The number of benzene rings is 1. The van der Waals surface area contributed by atoms with E-state index < -0.39 is 17.5 Å². The molecule has 30 heavy (non-hydrogen) atoms.